The largest absolute Gasteiger partial charge is 0.493 e. The van der Waals surface area contributed by atoms with Crippen molar-refractivity contribution in [2.75, 3.05) is 34.0 Å². The van der Waals surface area contributed by atoms with Crippen LogP contribution in [-0.2, 0) is 6.42 Å². The molecule has 0 radical (unpaired) electrons. The van der Waals surface area contributed by atoms with E-state index in [1.54, 1.807) is 14.2 Å². The molecule has 0 atom stereocenters. The van der Waals surface area contributed by atoms with Crippen LogP contribution in [0.25, 0.3) is 0 Å². The van der Waals surface area contributed by atoms with Gasteiger partial charge in [0, 0.05) is 0 Å². The smallest absolute Gasteiger partial charge is 0.164 e. The highest BCUT2D eigenvalue weighted by Crippen LogP contribution is 2.31. The van der Waals surface area contributed by atoms with E-state index < -0.39 is 0 Å². The monoisotopic (exact) mass is 317 g/mol. The Balaban J connectivity index is 1.96. The van der Waals surface area contributed by atoms with Gasteiger partial charge in [-0.15, -0.1) is 0 Å². The van der Waals surface area contributed by atoms with Crippen LogP contribution in [0.1, 0.15) is 5.56 Å². The molecule has 5 nitrogen and oxygen atoms in total. The van der Waals surface area contributed by atoms with Crippen molar-refractivity contribution in [1.29, 1.82) is 0 Å². The zero-order chi connectivity index (χ0) is 16.5. The van der Waals surface area contributed by atoms with Gasteiger partial charge in [0.25, 0.3) is 0 Å². The maximum Gasteiger partial charge on any atom is 0.164 e. The maximum absolute atomic E-state index is 5.86. The Kier molecular flexibility index (Phi) is 6.56. The van der Waals surface area contributed by atoms with Gasteiger partial charge in [-0.1, -0.05) is 24.3 Å². The van der Waals surface area contributed by atoms with Crippen LogP contribution in [0.3, 0.4) is 0 Å². The Morgan fingerprint density at radius 3 is 2.13 bits per heavy atom. The summed E-state index contributed by atoms with van der Waals surface area (Å²) in [6, 6.07) is 13.3. The summed E-state index contributed by atoms with van der Waals surface area (Å²) in [6.45, 7) is 1.36. The second-order valence-electron chi connectivity index (χ2n) is 4.83. The van der Waals surface area contributed by atoms with Crippen LogP contribution in [-0.4, -0.2) is 34.0 Å². The minimum atomic E-state index is 0.399. The Hall–Kier alpha value is -2.40. The van der Waals surface area contributed by atoms with E-state index in [-0.39, 0.29) is 0 Å². The quantitative estimate of drug-likeness (QED) is 0.720. The molecule has 0 aliphatic rings. The number of hydrogen-bond donors (Lipinski definition) is 1. The maximum atomic E-state index is 5.86. The first-order valence-electron chi connectivity index (χ1n) is 7.54. The fourth-order valence-corrected chi connectivity index (χ4v) is 2.27. The molecule has 0 heterocycles. The third-order valence-electron chi connectivity index (χ3n) is 3.35. The molecule has 124 valence electrons. The van der Waals surface area contributed by atoms with Crippen LogP contribution in [0.2, 0.25) is 0 Å². The summed E-state index contributed by atoms with van der Waals surface area (Å²) in [5, 5.41) is 0. The van der Waals surface area contributed by atoms with E-state index in [0.717, 1.165) is 17.7 Å². The second-order valence-corrected chi connectivity index (χ2v) is 4.83. The SMILES string of the molecule is COc1ccccc1OCCOc1c(CCN)cccc1OC. The molecule has 2 aromatic rings. The average Bonchev–Trinajstić information content (AvgIpc) is 2.60. The summed E-state index contributed by atoms with van der Waals surface area (Å²) in [5.74, 6) is 2.83. The van der Waals surface area contributed by atoms with E-state index in [0.29, 0.717) is 37.0 Å². The number of methoxy groups -OCH3 is 2. The summed E-state index contributed by atoms with van der Waals surface area (Å²) in [7, 11) is 3.24. The van der Waals surface area contributed by atoms with E-state index in [1.807, 2.05) is 42.5 Å². The number of para-hydroxylation sites is 3. The molecule has 0 bridgehead atoms. The third kappa shape index (κ3) is 4.53. The number of hydrogen-bond acceptors (Lipinski definition) is 5. The van der Waals surface area contributed by atoms with Crippen LogP contribution in [0.4, 0.5) is 0 Å². The van der Waals surface area contributed by atoms with E-state index >= 15 is 0 Å². The lowest BCUT2D eigenvalue weighted by Crippen LogP contribution is -2.12. The Morgan fingerprint density at radius 2 is 1.43 bits per heavy atom. The van der Waals surface area contributed by atoms with Crippen LogP contribution < -0.4 is 24.7 Å². The lowest BCUT2D eigenvalue weighted by atomic mass is 10.1. The van der Waals surface area contributed by atoms with Gasteiger partial charge in [0.2, 0.25) is 0 Å². The zero-order valence-corrected chi connectivity index (χ0v) is 13.6. The molecule has 0 saturated heterocycles. The van der Waals surface area contributed by atoms with Gasteiger partial charge >= 0.3 is 0 Å². The van der Waals surface area contributed by atoms with E-state index in [4.69, 9.17) is 24.7 Å². The number of nitrogens with two attached hydrogens (primary N) is 1. The molecule has 0 saturated carbocycles. The molecule has 2 aromatic carbocycles. The van der Waals surface area contributed by atoms with Crippen molar-refractivity contribution >= 4 is 0 Å². The van der Waals surface area contributed by atoms with Crippen LogP contribution in [0, 0.1) is 0 Å². The summed E-state index contributed by atoms with van der Waals surface area (Å²) in [4.78, 5) is 0. The molecular formula is C18H23NO4. The number of ether oxygens (including phenoxy) is 4. The molecule has 0 fully saturated rings. The standard InChI is InChI=1S/C18H23NO4/c1-20-15-7-3-4-8-16(15)22-12-13-23-18-14(10-11-19)6-5-9-17(18)21-2/h3-9H,10-13,19H2,1-2H3. The Labute approximate surface area is 136 Å². The predicted octanol–water partition coefficient (Wildman–Crippen LogP) is 2.66. The highest BCUT2D eigenvalue weighted by atomic mass is 16.5. The van der Waals surface area contributed by atoms with Crippen molar-refractivity contribution in [2.24, 2.45) is 5.73 Å². The molecule has 2 rings (SSSR count). The normalized spacial score (nSPS) is 10.2. The zero-order valence-electron chi connectivity index (χ0n) is 13.6. The van der Waals surface area contributed by atoms with Crippen molar-refractivity contribution in [3.05, 3.63) is 48.0 Å². The van der Waals surface area contributed by atoms with Gasteiger partial charge in [-0.3, -0.25) is 0 Å². The topological polar surface area (TPSA) is 62.9 Å². The fraction of sp³-hybridized carbons (Fsp3) is 0.333. The molecule has 0 amide bonds. The molecule has 0 unspecified atom stereocenters. The van der Waals surface area contributed by atoms with Gasteiger partial charge in [0.05, 0.1) is 14.2 Å². The Morgan fingerprint density at radius 1 is 0.783 bits per heavy atom. The first-order valence-corrected chi connectivity index (χ1v) is 7.54. The third-order valence-corrected chi connectivity index (χ3v) is 3.35. The lowest BCUT2D eigenvalue weighted by molar-refractivity contribution is 0.205. The molecular weight excluding hydrogens is 294 g/mol. The minimum Gasteiger partial charge on any atom is -0.493 e. The van der Waals surface area contributed by atoms with Gasteiger partial charge in [-0.2, -0.15) is 0 Å². The minimum absolute atomic E-state index is 0.399. The van der Waals surface area contributed by atoms with E-state index in [2.05, 4.69) is 0 Å². The molecule has 0 aromatic heterocycles. The highest BCUT2D eigenvalue weighted by Gasteiger charge is 2.10. The second kappa shape index (κ2) is 8.90. The fourth-order valence-electron chi connectivity index (χ4n) is 2.27. The predicted molar refractivity (Wildman–Crippen MR) is 89.7 cm³/mol. The number of rotatable bonds is 9. The van der Waals surface area contributed by atoms with Crippen LogP contribution >= 0.6 is 0 Å². The molecule has 0 spiro atoms. The van der Waals surface area contributed by atoms with E-state index in [1.165, 1.54) is 0 Å². The van der Waals surface area contributed by atoms with Crippen molar-refractivity contribution in [2.45, 2.75) is 6.42 Å². The van der Waals surface area contributed by atoms with Crippen LogP contribution in [0.15, 0.2) is 42.5 Å². The summed E-state index contributed by atoms with van der Waals surface area (Å²) < 4.78 is 22.2. The first kappa shape index (κ1) is 17.0. The molecule has 2 N–H and O–H groups in total. The van der Waals surface area contributed by atoms with Crippen LogP contribution in [0.5, 0.6) is 23.0 Å². The van der Waals surface area contributed by atoms with Gasteiger partial charge in [0.15, 0.2) is 23.0 Å². The first-order chi connectivity index (χ1) is 11.3. The van der Waals surface area contributed by atoms with Crippen molar-refractivity contribution in [3.8, 4) is 23.0 Å². The van der Waals surface area contributed by atoms with Crippen molar-refractivity contribution < 1.29 is 18.9 Å². The van der Waals surface area contributed by atoms with Gasteiger partial charge < -0.3 is 24.7 Å². The summed E-state index contributed by atoms with van der Waals surface area (Å²) in [5.41, 5.74) is 6.68. The highest BCUT2D eigenvalue weighted by molar-refractivity contribution is 5.46. The van der Waals surface area contributed by atoms with Gasteiger partial charge in [0.1, 0.15) is 13.2 Å². The molecule has 0 aliphatic carbocycles. The molecule has 0 aliphatic heterocycles. The summed E-state index contributed by atoms with van der Waals surface area (Å²) in [6.07, 6.45) is 0.736. The van der Waals surface area contributed by atoms with Gasteiger partial charge in [-0.25, -0.2) is 0 Å². The average molecular weight is 317 g/mol. The Bertz CT molecular complexity index is 616. The number of benzene rings is 2. The van der Waals surface area contributed by atoms with Crippen molar-refractivity contribution in [1.82, 2.24) is 0 Å². The molecule has 23 heavy (non-hydrogen) atoms. The lowest BCUT2D eigenvalue weighted by Gasteiger charge is -2.15. The molecule has 5 heteroatoms. The van der Waals surface area contributed by atoms with Gasteiger partial charge in [-0.05, 0) is 36.7 Å². The van der Waals surface area contributed by atoms with Crippen molar-refractivity contribution in [3.63, 3.8) is 0 Å². The van der Waals surface area contributed by atoms with E-state index in [9.17, 15) is 0 Å². The summed E-state index contributed by atoms with van der Waals surface area (Å²) >= 11 is 0.